The van der Waals surface area contributed by atoms with Crippen molar-refractivity contribution in [1.29, 1.82) is 0 Å². The lowest BCUT2D eigenvalue weighted by atomic mass is 9.84. The van der Waals surface area contributed by atoms with Crippen molar-refractivity contribution in [2.45, 2.75) is 24.0 Å². The van der Waals surface area contributed by atoms with Crippen LogP contribution in [0.25, 0.3) is 0 Å². The molecule has 0 atom stereocenters. The number of nitrogens with two attached hydrogens (primary N) is 1. The molecule has 2 aliphatic rings. The standard InChI is InChI=1S/C9H18N2O3S/c10-8-9(2-1-3-9)15(12,13)11-4-6-14-7-5-11/h1-8,10H2. The Bertz CT molecular complexity index is 313. The summed E-state index contributed by atoms with van der Waals surface area (Å²) in [5.74, 6) is 0. The lowest BCUT2D eigenvalue weighted by Crippen LogP contribution is -2.58. The highest BCUT2D eigenvalue weighted by atomic mass is 32.2. The lowest BCUT2D eigenvalue weighted by Gasteiger charge is -2.43. The van der Waals surface area contributed by atoms with E-state index in [4.69, 9.17) is 10.5 Å². The van der Waals surface area contributed by atoms with Crippen molar-refractivity contribution >= 4 is 10.0 Å². The van der Waals surface area contributed by atoms with Crippen molar-refractivity contribution in [2.24, 2.45) is 5.73 Å². The fraction of sp³-hybridized carbons (Fsp3) is 1.00. The highest BCUT2D eigenvalue weighted by Gasteiger charge is 2.50. The summed E-state index contributed by atoms with van der Waals surface area (Å²) < 4.78 is 30.7. The van der Waals surface area contributed by atoms with Gasteiger partial charge in [-0.15, -0.1) is 0 Å². The minimum atomic E-state index is -3.21. The van der Waals surface area contributed by atoms with Gasteiger partial charge in [0.2, 0.25) is 10.0 Å². The fourth-order valence-electron chi connectivity index (χ4n) is 2.20. The number of ether oxygens (including phenoxy) is 1. The number of morpholine rings is 1. The first-order valence-electron chi connectivity index (χ1n) is 5.40. The Balaban J connectivity index is 2.17. The first-order chi connectivity index (χ1) is 7.12. The number of hydrogen-bond donors (Lipinski definition) is 1. The van der Waals surface area contributed by atoms with E-state index in [0.717, 1.165) is 6.42 Å². The molecule has 6 heteroatoms. The maximum atomic E-state index is 12.3. The molecular weight excluding hydrogens is 216 g/mol. The summed E-state index contributed by atoms with van der Waals surface area (Å²) in [7, 11) is -3.21. The zero-order valence-corrected chi connectivity index (χ0v) is 9.63. The van der Waals surface area contributed by atoms with Gasteiger partial charge in [0.05, 0.1) is 18.0 Å². The van der Waals surface area contributed by atoms with Crippen LogP contribution in [0, 0.1) is 0 Å². The molecule has 1 aliphatic carbocycles. The molecule has 1 saturated carbocycles. The van der Waals surface area contributed by atoms with Crippen LogP contribution in [-0.2, 0) is 14.8 Å². The molecule has 0 aromatic carbocycles. The Morgan fingerprint density at radius 3 is 2.27 bits per heavy atom. The number of nitrogens with zero attached hydrogens (tertiary/aromatic N) is 1. The number of rotatable bonds is 3. The topological polar surface area (TPSA) is 72.6 Å². The van der Waals surface area contributed by atoms with Gasteiger partial charge in [0, 0.05) is 19.6 Å². The number of hydrogen-bond acceptors (Lipinski definition) is 4. The van der Waals surface area contributed by atoms with Crippen molar-refractivity contribution in [3.05, 3.63) is 0 Å². The second-order valence-electron chi connectivity index (χ2n) is 4.26. The van der Waals surface area contributed by atoms with Gasteiger partial charge >= 0.3 is 0 Å². The van der Waals surface area contributed by atoms with E-state index in [1.165, 1.54) is 0 Å². The van der Waals surface area contributed by atoms with Gasteiger partial charge < -0.3 is 10.5 Å². The van der Waals surface area contributed by atoms with E-state index in [1.807, 2.05) is 0 Å². The summed E-state index contributed by atoms with van der Waals surface area (Å²) in [6.07, 6.45) is 2.40. The Labute approximate surface area is 90.6 Å². The molecule has 1 aliphatic heterocycles. The summed E-state index contributed by atoms with van der Waals surface area (Å²) in [5, 5.41) is 0. The van der Waals surface area contributed by atoms with E-state index in [2.05, 4.69) is 0 Å². The maximum absolute atomic E-state index is 12.3. The van der Waals surface area contributed by atoms with E-state index in [9.17, 15) is 8.42 Å². The first kappa shape index (κ1) is 11.3. The number of sulfonamides is 1. The molecule has 0 spiro atoms. The van der Waals surface area contributed by atoms with Crippen LogP contribution in [0.15, 0.2) is 0 Å². The van der Waals surface area contributed by atoms with Crippen LogP contribution in [0.5, 0.6) is 0 Å². The fourth-order valence-corrected chi connectivity index (χ4v) is 4.39. The molecule has 0 aromatic rings. The molecule has 2 fully saturated rings. The van der Waals surface area contributed by atoms with Crippen LogP contribution in [0.3, 0.4) is 0 Å². The van der Waals surface area contributed by atoms with Crippen LogP contribution in [0.2, 0.25) is 0 Å². The molecule has 0 aromatic heterocycles. The molecule has 5 nitrogen and oxygen atoms in total. The molecule has 0 radical (unpaired) electrons. The van der Waals surface area contributed by atoms with E-state index in [1.54, 1.807) is 4.31 Å². The zero-order chi connectivity index (χ0) is 10.9. The minimum Gasteiger partial charge on any atom is -0.379 e. The molecule has 88 valence electrons. The highest BCUT2D eigenvalue weighted by Crippen LogP contribution is 2.40. The van der Waals surface area contributed by atoms with Crippen molar-refractivity contribution < 1.29 is 13.2 Å². The smallest absolute Gasteiger partial charge is 0.221 e. The molecule has 2 N–H and O–H groups in total. The average molecular weight is 234 g/mol. The van der Waals surface area contributed by atoms with Gasteiger partial charge in [0.1, 0.15) is 0 Å². The third kappa shape index (κ3) is 1.69. The van der Waals surface area contributed by atoms with Gasteiger partial charge in [-0.05, 0) is 12.8 Å². The van der Waals surface area contributed by atoms with Crippen molar-refractivity contribution in [1.82, 2.24) is 4.31 Å². The van der Waals surface area contributed by atoms with E-state index >= 15 is 0 Å². The first-order valence-corrected chi connectivity index (χ1v) is 6.84. The van der Waals surface area contributed by atoms with Crippen LogP contribution < -0.4 is 5.73 Å². The van der Waals surface area contributed by atoms with Crippen molar-refractivity contribution in [2.75, 3.05) is 32.8 Å². The van der Waals surface area contributed by atoms with Crippen molar-refractivity contribution in [3.63, 3.8) is 0 Å². The Hall–Kier alpha value is -0.170. The molecule has 1 saturated heterocycles. The summed E-state index contributed by atoms with van der Waals surface area (Å²) in [4.78, 5) is 0. The maximum Gasteiger partial charge on any atom is 0.221 e. The molecule has 0 amide bonds. The lowest BCUT2D eigenvalue weighted by molar-refractivity contribution is 0.0708. The SMILES string of the molecule is NCC1(S(=O)(=O)N2CCOCC2)CCC1. The molecule has 15 heavy (non-hydrogen) atoms. The summed E-state index contributed by atoms with van der Waals surface area (Å²) >= 11 is 0. The van der Waals surface area contributed by atoms with Crippen molar-refractivity contribution in [3.8, 4) is 0 Å². The summed E-state index contributed by atoms with van der Waals surface area (Å²) in [5.41, 5.74) is 5.62. The quantitative estimate of drug-likeness (QED) is 0.716. The second-order valence-corrected chi connectivity index (χ2v) is 6.59. The monoisotopic (exact) mass is 234 g/mol. The Morgan fingerprint density at radius 2 is 1.87 bits per heavy atom. The van der Waals surface area contributed by atoms with Gasteiger partial charge in [-0.2, -0.15) is 4.31 Å². The van der Waals surface area contributed by atoms with Gasteiger partial charge in [-0.25, -0.2) is 8.42 Å². The van der Waals surface area contributed by atoms with E-state index in [0.29, 0.717) is 39.1 Å². The minimum absolute atomic E-state index is 0.243. The molecule has 1 heterocycles. The van der Waals surface area contributed by atoms with Gasteiger partial charge in [-0.3, -0.25) is 0 Å². The predicted molar refractivity (Wildman–Crippen MR) is 56.9 cm³/mol. The molecule has 2 rings (SSSR count). The normalized spacial score (nSPS) is 27.3. The summed E-state index contributed by atoms with van der Waals surface area (Å²) in [6.45, 7) is 2.20. The van der Waals surface area contributed by atoms with Crippen LogP contribution in [-0.4, -0.2) is 50.3 Å². The molecular formula is C9H18N2O3S. The predicted octanol–water partition coefficient (Wildman–Crippen LogP) is -0.470. The zero-order valence-electron chi connectivity index (χ0n) is 8.81. The largest absolute Gasteiger partial charge is 0.379 e. The molecule has 0 unspecified atom stereocenters. The Kier molecular flexibility index (Phi) is 3.03. The average Bonchev–Trinajstić information content (AvgIpc) is 2.18. The van der Waals surface area contributed by atoms with Crippen LogP contribution >= 0.6 is 0 Å². The van der Waals surface area contributed by atoms with E-state index < -0.39 is 14.8 Å². The van der Waals surface area contributed by atoms with E-state index in [-0.39, 0.29) is 6.54 Å². The third-order valence-electron chi connectivity index (χ3n) is 3.49. The second kappa shape index (κ2) is 4.01. The molecule has 0 bridgehead atoms. The third-order valence-corrected chi connectivity index (χ3v) is 6.21. The van der Waals surface area contributed by atoms with Gasteiger partial charge in [0.25, 0.3) is 0 Å². The summed E-state index contributed by atoms with van der Waals surface area (Å²) in [6, 6.07) is 0. The Morgan fingerprint density at radius 1 is 1.27 bits per heavy atom. The van der Waals surface area contributed by atoms with Crippen LogP contribution in [0.4, 0.5) is 0 Å². The van der Waals surface area contributed by atoms with Crippen LogP contribution in [0.1, 0.15) is 19.3 Å². The van der Waals surface area contributed by atoms with Gasteiger partial charge in [0.15, 0.2) is 0 Å². The van der Waals surface area contributed by atoms with Gasteiger partial charge in [-0.1, -0.05) is 6.42 Å². The highest BCUT2D eigenvalue weighted by molar-refractivity contribution is 7.90.